The molecule has 0 aromatic heterocycles. The minimum atomic E-state index is -4.41. The number of carbonyl (C=O) groups is 1. The first-order chi connectivity index (χ1) is 7.26. The van der Waals surface area contributed by atoms with Crippen LogP contribution in [0, 0.1) is 0 Å². The number of carboxylic acids is 1. The lowest BCUT2D eigenvalue weighted by Gasteiger charge is -2.11. The highest BCUT2D eigenvalue weighted by molar-refractivity contribution is 7.87. The molecular formula is C8H4Cl2F2O3S. The van der Waals surface area contributed by atoms with Crippen LogP contribution in [-0.4, -0.2) is 20.5 Å². The fraction of sp³-hybridized carbons (Fsp3) is 0.125. The second-order valence-corrected chi connectivity index (χ2v) is 5.00. The van der Waals surface area contributed by atoms with E-state index in [0.717, 1.165) is 12.1 Å². The molecule has 0 aliphatic rings. The SMILES string of the molecule is O=C(O)C(F)(F)S(=O)c1cc(Cl)ccc1Cl. The van der Waals surface area contributed by atoms with Gasteiger partial charge in [0.15, 0.2) is 0 Å². The maximum absolute atomic E-state index is 12.9. The zero-order chi connectivity index (χ0) is 12.5. The van der Waals surface area contributed by atoms with Gasteiger partial charge in [-0.3, -0.25) is 0 Å². The molecule has 0 radical (unpaired) electrons. The van der Waals surface area contributed by atoms with Gasteiger partial charge >= 0.3 is 11.2 Å². The van der Waals surface area contributed by atoms with E-state index in [1.807, 2.05) is 0 Å². The van der Waals surface area contributed by atoms with E-state index in [-0.39, 0.29) is 10.0 Å². The van der Waals surface area contributed by atoms with E-state index >= 15 is 0 Å². The lowest BCUT2D eigenvalue weighted by atomic mass is 10.4. The monoisotopic (exact) mass is 288 g/mol. The van der Waals surface area contributed by atoms with E-state index in [4.69, 9.17) is 28.3 Å². The third-order valence-corrected chi connectivity index (χ3v) is 3.63. The number of alkyl halides is 2. The van der Waals surface area contributed by atoms with Gasteiger partial charge in [-0.2, -0.15) is 8.78 Å². The molecule has 1 aromatic carbocycles. The molecule has 1 atom stereocenters. The summed E-state index contributed by atoms with van der Waals surface area (Å²) in [5.74, 6) is -2.48. The summed E-state index contributed by atoms with van der Waals surface area (Å²) in [6.07, 6.45) is 0. The highest BCUT2D eigenvalue weighted by Crippen LogP contribution is 2.31. The Morgan fingerprint density at radius 2 is 1.94 bits per heavy atom. The van der Waals surface area contributed by atoms with Gasteiger partial charge < -0.3 is 5.11 Å². The average Bonchev–Trinajstić information content (AvgIpc) is 2.20. The van der Waals surface area contributed by atoms with E-state index in [9.17, 15) is 17.8 Å². The molecule has 88 valence electrons. The van der Waals surface area contributed by atoms with Crippen LogP contribution in [0.5, 0.6) is 0 Å². The highest BCUT2D eigenvalue weighted by atomic mass is 35.5. The van der Waals surface area contributed by atoms with Crippen molar-refractivity contribution < 1.29 is 22.9 Å². The van der Waals surface area contributed by atoms with E-state index in [2.05, 4.69) is 0 Å². The smallest absolute Gasteiger partial charge is 0.419 e. The van der Waals surface area contributed by atoms with Crippen molar-refractivity contribution in [3.63, 3.8) is 0 Å². The minimum absolute atomic E-state index is 0.0361. The van der Waals surface area contributed by atoms with Crippen LogP contribution in [0.3, 0.4) is 0 Å². The third-order valence-electron chi connectivity index (χ3n) is 1.57. The van der Waals surface area contributed by atoms with Gasteiger partial charge in [-0.05, 0) is 18.2 Å². The van der Waals surface area contributed by atoms with Crippen molar-refractivity contribution in [2.24, 2.45) is 0 Å². The molecule has 0 bridgehead atoms. The summed E-state index contributed by atoms with van der Waals surface area (Å²) < 4.78 is 37.2. The van der Waals surface area contributed by atoms with Crippen LogP contribution in [0.25, 0.3) is 0 Å². The van der Waals surface area contributed by atoms with Crippen LogP contribution in [0.2, 0.25) is 10.0 Å². The zero-order valence-corrected chi connectivity index (χ0v) is 9.74. The molecule has 1 N–H and O–H groups in total. The molecule has 3 nitrogen and oxygen atoms in total. The van der Waals surface area contributed by atoms with Crippen molar-refractivity contribution in [2.75, 3.05) is 0 Å². The third kappa shape index (κ3) is 2.50. The molecular weight excluding hydrogens is 285 g/mol. The van der Waals surface area contributed by atoms with E-state index in [1.165, 1.54) is 6.07 Å². The average molecular weight is 289 g/mol. The summed E-state index contributed by atoms with van der Waals surface area (Å²) in [6.45, 7) is 0. The lowest BCUT2D eigenvalue weighted by molar-refractivity contribution is -0.153. The second-order valence-electron chi connectivity index (χ2n) is 2.67. The lowest BCUT2D eigenvalue weighted by Crippen LogP contribution is -2.33. The molecule has 0 aliphatic carbocycles. The first-order valence-corrected chi connectivity index (χ1v) is 5.65. The fourth-order valence-electron chi connectivity index (χ4n) is 0.837. The maximum Gasteiger partial charge on any atom is 0.419 e. The van der Waals surface area contributed by atoms with E-state index < -0.39 is 26.9 Å². The predicted molar refractivity (Wildman–Crippen MR) is 55.5 cm³/mol. The second kappa shape index (κ2) is 4.65. The summed E-state index contributed by atoms with van der Waals surface area (Å²) in [5.41, 5.74) is 0. The number of hydrogen-bond acceptors (Lipinski definition) is 2. The Hall–Kier alpha value is -0.720. The number of carboxylic acid groups (broad SMARTS) is 1. The Bertz CT molecular complexity index is 465. The van der Waals surface area contributed by atoms with Crippen LogP contribution >= 0.6 is 23.2 Å². The normalized spacial score (nSPS) is 13.5. The van der Waals surface area contributed by atoms with Gasteiger partial charge in [-0.1, -0.05) is 23.2 Å². The molecule has 0 amide bonds. The number of aliphatic carboxylic acids is 1. The first kappa shape index (κ1) is 13.3. The zero-order valence-electron chi connectivity index (χ0n) is 7.42. The Morgan fingerprint density at radius 3 is 2.44 bits per heavy atom. The van der Waals surface area contributed by atoms with E-state index in [0.29, 0.717) is 0 Å². The number of rotatable bonds is 3. The van der Waals surface area contributed by atoms with Crippen LogP contribution in [0.15, 0.2) is 23.1 Å². The van der Waals surface area contributed by atoms with Gasteiger partial charge in [-0.25, -0.2) is 9.00 Å². The van der Waals surface area contributed by atoms with Crippen molar-refractivity contribution >= 4 is 40.0 Å². The van der Waals surface area contributed by atoms with Crippen LogP contribution in [0.1, 0.15) is 0 Å². The van der Waals surface area contributed by atoms with Crippen molar-refractivity contribution in [1.82, 2.24) is 0 Å². The van der Waals surface area contributed by atoms with Gasteiger partial charge in [0.1, 0.15) is 10.8 Å². The van der Waals surface area contributed by atoms with Crippen molar-refractivity contribution in [3.8, 4) is 0 Å². The van der Waals surface area contributed by atoms with Crippen molar-refractivity contribution in [1.29, 1.82) is 0 Å². The van der Waals surface area contributed by atoms with Crippen LogP contribution in [0.4, 0.5) is 8.78 Å². The Labute approximate surface area is 101 Å². The summed E-state index contributed by atoms with van der Waals surface area (Å²) in [7, 11) is -3.09. The predicted octanol–water partition coefficient (Wildman–Crippen LogP) is 2.78. The number of benzene rings is 1. The molecule has 0 spiro atoms. The molecule has 0 heterocycles. The molecule has 0 saturated carbocycles. The molecule has 1 rings (SSSR count). The first-order valence-electron chi connectivity index (χ1n) is 3.75. The minimum Gasteiger partial charge on any atom is -0.476 e. The standard InChI is InChI=1S/C8H4Cl2F2O3S/c9-4-1-2-5(10)6(3-4)16(15)8(11,12)7(13)14/h1-3H,(H,13,14). The van der Waals surface area contributed by atoms with Gasteiger partial charge in [0.05, 0.1) is 9.92 Å². The van der Waals surface area contributed by atoms with Crippen molar-refractivity contribution in [2.45, 2.75) is 10.2 Å². The fourth-order valence-corrected chi connectivity index (χ4v) is 2.32. The summed E-state index contributed by atoms with van der Waals surface area (Å²) in [5, 5.41) is 3.61. The Balaban J connectivity index is 3.25. The molecule has 1 aromatic rings. The summed E-state index contributed by atoms with van der Waals surface area (Å²) in [4.78, 5) is 9.70. The Morgan fingerprint density at radius 1 is 1.38 bits per heavy atom. The van der Waals surface area contributed by atoms with Gasteiger partial charge in [0.2, 0.25) is 0 Å². The molecule has 0 fully saturated rings. The van der Waals surface area contributed by atoms with Gasteiger partial charge in [0, 0.05) is 5.02 Å². The summed E-state index contributed by atoms with van der Waals surface area (Å²) >= 11 is 11.0. The van der Waals surface area contributed by atoms with Crippen LogP contribution < -0.4 is 0 Å². The maximum atomic E-state index is 12.9. The highest BCUT2D eigenvalue weighted by Gasteiger charge is 2.47. The van der Waals surface area contributed by atoms with Gasteiger partial charge in [-0.15, -0.1) is 0 Å². The largest absolute Gasteiger partial charge is 0.476 e. The molecule has 1 unspecified atom stereocenters. The molecule has 8 heteroatoms. The summed E-state index contributed by atoms with van der Waals surface area (Å²) in [6, 6.07) is 3.41. The van der Waals surface area contributed by atoms with Gasteiger partial charge in [0.25, 0.3) is 0 Å². The number of halogens is 4. The molecule has 0 saturated heterocycles. The molecule has 0 aliphatic heterocycles. The number of hydrogen-bond donors (Lipinski definition) is 1. The van der Waals surface area contributed by atoms with Crippen molar-refractivity contribution in [3.05, 3.63) is 28.2 Å². The quantitative estimate of drug-likeness (QED) is 0.930. The topological polar surface area (TPSA) is 54.4 Å². The Kier molecular flexibility index (Phi) is 3.88. The van der Waals surface area contributed by atoms with Crippen LogP contribution in [-0.2, 0) is 15.6 Å². The molecule has 16 heavy (non-hydrogen) atoms. The van der Waals surface area contributed by atoms with E-state index in [1.54, 1.807) is 0 Å².